The van der Waals surface area contributed by atoms with Gasteiger partial charge in [-0.2, -0.15) is 0 Å². The molecule has 1 aromatic carbocycles. The average Bonchev–Trinajstić information content (AvgIpc) is 2.41. The number of carbonyl (C=O) groups excluding carboxylic acids is 2. The van der Waals surface area contributed by atoms with Crippen LogP contribution in [0.25, 0.3) is 0 Å². The molecule has 1 aliphatic heterocycles. The molecule has 3 heteroatoms. The van der Waals surface area contributed by atoms with Crippen LogP contribution in [0.5, 0.6) is 0 Å². The fourth-order valence-corrected chi connectivity index (χ4v) is 1.91. The lowest BCUT2D eigenvalue weighted by Crippen LogP contribution is -2.45. The van der Waals surface area contributed by atoms with Gasteiger partial charge in [0.15, 0.2) is 5.78 Å². The fourth-order valence-electron chi connectivity index (χ4n) is 1.91. The smallest absolute Gasteiger partial charge is 0.228 e. The van der Waals surface area contributed by atoms with Crippen LogP contribution in [0.4, 0.5) is 0 Å². The highest BCUT2D eigenvalue weighted by Crippen LogP contribution is 2.20. The van der Waals surface area contributed by atoms with Gasteiger partial charge in [0.2, 0.25) is 5.91 Å². The van der Waals surface area contributed by atoms with Crippen molar-refractivity contribution in [3.63, 3.8) is 0 Å². The van der Waals surface area contributed by atoms with Gasteiger partial charge in [-0.3, -0.25) is 9.59 Å². The molecule has 1 aliphatic rings. The summed E-state index contributed by atoms with van der Waals surface area (Å²) in [6.07, 6.45) is 0.585. The van der Waals surface area contributed by atoms with Gasteiger partial charge in [-0.1, -0.05) is 30.3 Å². The Labute approximate surface area is 88.5 Å². The lowest BCUT2D eigenvalue weighted by molar-refractivity contribution is -0.123. The first-order valence-corrected chi connectivity index (χ1v) is 4.98. The minimum absolute atomic E-state index is 0.0172. The third-order valence-electron chi connectivity index (χ3n) is 2.75. The number of benzene rings is 1. The van der Waals surface area contributed by atoms with Gasteiger partial charge in [0, 0.05) is 6.42 Å². The topological polar surface area (TPSA) is 46.2 Å². The molecule has 0 spiro atoms. The summed E-state index contributed by atoms with van der Waals surface area (Å²) in [6.45, 7) is 1.78. The van der Waals surface area contributed by atoms with Gasteiger partial charge in [-0.25, -0.2) is 0 Å². The highest BCUT2D eigenvalue weighted by atomic mass is 16.2. The molecule has 0 saturated carbocycles. The number of amides is 1. The fraction of sp³-hybridized carbons (Fsp3) is 0.333. The number of rotatable bonds is 2. The van der Waals surface area contributed by atoms with E-state index in [4.69, 9.17) is 0 Å². The molecule has 1 unspecified atom stereocenters. The highest BCUT2D eigenvalue weighted by molar-refractivity contribution is 6.10. The Bertz CT molecular complexity index is 399. The van der Waals surface area contributed by atoms with E-state index in [2.05, 4.69) is 5.32 Å². The zero-order chi connectivity index (χ0) is 10.9. The molecular formula is C12H13NO2. The predicted molar refractivity (Wildman–Crippen MR) is 56.3 cm³/mol. The van der Waals surface area contributed by atoms with Crippen molar-refractivity contribution in [2.24, 2.45) is 0 Å². The van der Waals surface area contributed by atoms with E-state index in [0.29, 0.717) is 6.42 Å². The molecule has 0 bridgehead atoms. The van der Waals surface area contributed by atoms with Crippen LogP contribution in [0.1, 0.15) is 18.9 Å². The van der Waals surface area contributed by atoms with Gasteiger partial charge in [0.25, 0.3) is 0 Å². The van der Waals surface area contributed by atoms with E-state index < -0.39 is 5.54 Å². The lowest BCUT2D eigenvalue weighted by atomic mass is 9.90. The summed E-state index contributed by atoms with van der Waals surface area (Å²) in [5, 5.41) is 2.74. The van der Waals surface area contributed by atoms with Crippen molar-refractivity contribution in [3.8, 4) is 0 Å². The molecule has 1 amide bonds. The van der Waals surface area contributed by atoms with Gasteiger partial charge in [0.05, 0.1) is 6.42 Å². The van der Waals surface area contributed by atoms with Crippen LogP contribution in [0.3, 0.4) is 0 Å². The van der Waals surface area contributed by atoms with E-state index >= 15 is 0 Å². The monoisotopic (exact) mass is 203 g/mol. The number of ketones is 1. The molecule has 0 aromatic heterocycles. The Balaban J connectivity index is 2.18. The van der Waals surface area contributed by atoms with Crippen LogP contribution >= 0.6 is 0 Å². The van der Waals surface area contributed by atoms with Crippen LogP contribution in [-0.2, 0) is 16.0 Å². The molecule has 2 rings (SSSR count). The van der Waals surface area contributed by atoms with Crippen molar-refractivity contribution < 1.29 is 9.59 Å². The Morgan fingerprint density at radius 2 is 1.93 bits per heavy atom. The van der Waals surface area contributed by atoms with E-state index in [1.807, 2.05) is 30.3 Å². The third kappa shape index (κ3) is 1.91. The molecule has 1 fully saturated rings. The summed E-state index contributed by atoms with van der Waals surface area (Å²) in [7, 11) is 0. The number of Topliss-reactive ketones (excluding diaryl/α,β-unsaturated/α-hetero) is 1. The number of hydrogen-bond donors (Lipinski definition) is 1. The largest absolute Gasteiger partial charge is 0.343 e. The second kappa shape index (κ2) is 3.50. The van der Waals surface area contributed by atoms with E-state index in [0.717, 1.165) is 5.56 Å². The Morgan fingerprint density at radius 3 is 2.47 bits per heavy atom. The van der Waals surface area contributed by atoms with Crippen molar-refractivity contribution in [1.29, 1.82) is 0 Å². The molecule has 1 atom stereocenters. The lowest BCUT2D eigenvalue weighted by Gasteiger charge is -2.22. The minimum Gasteiger partial charge on any atom is -0.343 e. The molecular weight excluding hydrogens is 190 g/mol. The van der Waals surface area contributed by atoms with E-state index in [-0.39, 0.29) is 18.1 Å². The van der Waals surface area contributed by atoms with Crippen LogP contribution < -0.4 is 5.32 Å². The number of carbonyl (C=O) groups is 2. The van der Waals surface area contributed by atoms with Crippen LogP contribution in [-0.4, -0.2) is 17.2 Å². The SMILES string of the molecule is CC1(Cc2ccccc2)NC(=O)CC1=O. The highest BCUT2D eigenvalue weighted by Gasteiger charge is 2.41. The quantitative estimate of drug-likeness (QED) is 0.731. The average molecular weight is 203 g/mol. The summed E-state index contributed by atoms with van der Waals surface area (Å²) in [5.74, 6) is -0.185. The number of hydrogen-bond acceptors (Lipinski definition) is 2. The van der Waals surface area contributed by atoms with Crippen molar-refractivity contribution >= 4 is 11.7 Å². The molecule has 1 heterocycles. The zero-order valence-electron chi connectivity index (χ0n) is 8.62. The van der Waals surface area contributed by atoms with Crippen molar-refractivity contribution in [1.82, 2.24) is 5.32 Å². The maximum absolute atomic E-state index is 11.6. The maximum atomic E-state index is 11.6. The summed E-state index contributed by atoms with van der Waals surface area (Å²) in [5.41, 5.74) is 0.355. The summed E-state index contributed by atoms with van der Waals surface area (Å²) in [6, 6.07) is 9.72. The van der Waals surface area contributed by atoms with E-state index in [9.17, 15) is 9.59 Å². The molecule has 0 aliphatic carbocycles. The molecule has 3 nitrogen and oxygen atoms in total. The minimum atomic E-state index is -0.710. The van der Waals surface area contributed by atoms with Crippen molar-refractivity contribution in [2.75, 3.05) is 0 Å². The third-order valence-corrected chi connectivity index (χ3v) is 2.75. The van der Waals surface area contributed by atoms with E-state index in [1.165, 1.54) is 0 Å². The summed E-state index contributed by atoms with van der Waals surface area (Å²) >= 11 is 0. The second-order valence-electron chi connectivity index (χ2n) is 4.14. The maximum Gasteiger partial charge on any atom is 0.228 e. The van der Waals surface area contributed by atoms with Crippen LogP contribution in [0.2, 0.25) is 0 Å². The van der Waals surface area contributed by atoms with Crippen molar-refractivity contribution in [3.05, 3.63) is 35.9 Å². The van der Waals surface area contributed by atoms with Gasteiger partial charge < -0.3 is 5.32 Å². The Kier molecular flexibility index (Phi) is 2.31. The summed E-state index contributed by atoms with van der Waals surface area (Å²) < 4.78 is 0. The standard InChI is InChI=1S/C12H13NO2/c1-12(10(14)7-11(15)13-12)8-9-5-3-2-4-6-9/h2-6H,7-8H2,1H3,(H,13,15). The first kappa shape index (κ1) is 9.90. The Hall–Kier alpha value is -1.64. The van der Waals surface area contributed by atoms with Gasteiger partial charge in [0.1, 0.15) is 5.54 Å². The van der Waals surface area contributed by atoms with Crippen LogP contribution in [0, 0.1) is 0 Å². The normalized spacial score (nSPS) is 25.4. The van der Waals surface area contributed by atoms with Gasteiger partial charge in [-0.05, 0) is 12.5 Å². The molecule has 0 radical (unpaired) electrons. The molecule has 78 valence electrons. The Morgan fingerprint density at radius 1 is 1.27 bits per heavy atom. The molecule has 1 N–H and O–H groups in total. The molecule has 1 saturated heterocycles. The summed E-state index contributed by atoms with van der Waals surface area (Å²) in [4.78, 5) is 22.8. The first-order valence-electron chi connectivity index (χ1n) is 4.98. The molecule has 1 aromatic rings. The molecule has 15 heavy (non-hydrogen) atoms. The van der Waals surface area contributed by atoms with Gasteiger partial charge in [-0.15, -0.1) is 0 Å². The van der Waals surface area contributed by atoms with Gasteiger partial charge >= 0.3 is 0 Å². The van der Waals surface area contributed by atoms with Crippen LogP contribution in [0.15, 0.2) is 30.3 Å². The van der Waals surface area contributed by atoms with E-state index in [1.54, 1.807) is 6.92 Å². The first-order chi connectivity index (χ1) is 7.10. The second-order valence-corrected chi connectivity index (χ2v) is 4.14. The van der Waals surface area contributed by atoms with Crippen molar-refractivity contribution in [2.45, 2.75) is 25.3 Å². The predicted octanol–water partition coefficient (Wildman–Crippen LogP) is 1.08. The zero-order valence-corrected chi connectivity index (χ0v) is 8.62. The number of nitrogens with one attached hydrogen (secondary N) is 1.